The first-order valence-corrected chi connectivity index (χ1v) is 6.16. The molecule has 0 aromatic heterocycles. The van der Waals surface area contributed by atoms with E-state index in [1.807, 2.05) is 45.0 Å². The summed E-state index contributed by atoms with van der Waals surface area (Å²) in [6, 6.07) is 10.2. The summed E-state index contributed by atoms with van der Waals surface area (Å²) in [6.07, 6.45) is 0. The Hall–Kier alpha value is -1.82. The maximum Gasteiger partial charge on any atom is 0.240 e. The summed E-state index contributed by atoms with van der Waals surface area (Å²) in [5.41, 5.74) is 2.28. The van der Waals surface area contributed by atoms with Crippen molar-refractivity contribution in [3.63, 3.8) is 0 Å². The maximum absolute atomic E-state index is 12.1. The lowest BCUT2D eigenvalue weighted by molar-refractivity contribution is -0.134. The van der Waals surface area contributed by atoms with E-state index in [9.17, 15) is 4.79 Å². The molecular weight excluding hydrogens is 224 g/mol. The van der Waals surface area contributed by atoms with Crippen LogP contribution in [0.5, 0.6) is 0 Å². The summed E-state index contributed by atoms with van der Waals surface area (Å²) in [7, 11) is 1.74. The number of aryl methyl sites for hydroxylation is 1. The molecule has 0 bridgehead atoms. The average Bonchev–Trinajstić information content (AvgIpc) is 2.32. The number of nitrogens with zero attached hydrogens (tertiary/aromatic N) is 2. The van der Waals surface area contributed by atoms with Crippen LogP contribution in [0, 0.1) is 30.1 Å². The summed E-state index contributed by atoms with van der Waals surface area (Å²) in [5, 5.41) is 9.02. The van der Waals surface area contributed by atoms with E-state index in [0.29, 0.717) is 6.54 Å². The number of hydrogen-bond acceptors (Lipinski definition) is 2. The van der Waals surface area contributed by atoms with Gasteiger partial charge in [-0.15, -0.1) is 0 Å². The molecule has 1 amide bonds. The van der Waals surface area contributed by atoms with Crippen LogP contribution in [0.2, 0.25) is 0 Å². The quantitative estimate of drug-likeness (QED) is 0.817. The van der Waals surface area contributed by atoms with E-state index in [-0.39, 0.29) is 11.8 Å². The molecule has 1 aromatic rings. The summed E-state index contributed by atoms with van der Waals surface area (Å²) in [6.45, 7) is 6.37. The normalized spacial score (nSPS) is 12.0. The molecule has 1 aromatic carbocycles. The average molecular weight is 244 g/mol. The number of benzene rings is 1. The third-order valence-corrected chi connectivity index (χ3v) is 2.99. The standard InChI is InChI=1S/C15H20N2O/c1-11(2)14(9-16)15(18)17(4)10-13-7-5-12(3)6-8-13/h5-8,11,14H,10H2,1-4H3. The molecule has 0 saturated carbocycles. The van der Waals surface area contributed by atoms with Gasteiger partial charge < -0.3 is 4.90 Å². The SMILES string of the molecule is Cc1ccc(CN(C)C(=O)C(C#N)C(C)C)cc1. The predicted octanol–water partition coefficient (Wildman–Crippen LogP) is 2.75. The molecule has 18 heavy (non-hydrogen) atoms. The van der Waals surface area contributed by atoms with Gasteiger partial charge in [0.15, 0.2) is 0 Å². The van der Waals surface area contributed by atoms with Crippen LogP contribution in [0.1, 0.15) is 25.0 Å². The molecule has 0 heterocycles. The van der Waals surface area contributed by atoms with Crippen LogP contribution in [-0.2, 0) is 11.3 Å². The largest absolute Gasteiger partial charge is 0.340 e. The van der Waals surface area contributed by atoms with E-state index in [0.717, 1.165) is 5.56 Å². The van der Waals surface area contributed by atoms with Gasteiger partial charge in [-0.3, -0.25) is 4.79 Å². The molecule has 1 unspecified atom stereocenters. The van der Waals surface area contributed by atoms with Crippen LogP contribution >= 0.6 is 0 Å². The van der Waals surface area contributed by atoms with Crippen molar-refractivity contribution in [3.05, 3.63) is 35.4 Å². The lowest BCUT2D eigenvalue weighted by Gasteiger charge is -2.22. The number of rotatable bonds is 4. The summed E-state index contributed by atoms with van der Waals surface area (Å²) >= 11 is 0. The molecule has 0 aliphatic carbocycles. The second-order valence-electron chi connectivity index (χ2n) is 5.03. The van der Waals surface area contributed by atoms with Gasteiger partial charge in [0, 0.05) is 13.6 Å². The molecule has 0 fully saturated rings. The molecule has 96 valence electrons. The molecule has 0 aliphatic rings. The Morgan fingerprint density at radius 1 is 1.33 bits per heavy atom. The second kappa shape index (κ2) is 6.20. The van der Waals surface area contributed by atoms with Crippen LogP contribution < -0.4 is 0 Å². The fraction of sp³-hybridized carbons (Fsp3) is 0.467. The smallest absolute Gasteiger partial charge is 0.240 e. The summed E-state index contributed by atoms with van der Waals surface area (Å²) < 4.78 is 0. The van der Waals surface area contributed by atoms with Gasteiger partial charge in [0.1, 0.15) is 5.92 Å². The molecule has 0 N–H and O–H groups in total. The van der Waals surface area contributed by atoms with Gasteiger partial charge in [-0.2, -0.15) is 5.26 Å². The van der Waals surface area contributed by atoms with Gasteiger partial charge >= 0.3 is 0 Å². The van der Waals surface area contributed by atoms with Crippen molar-refractivity contribution in [3.8, 4) is 6.07 Å². The van der Waals surface area contributed by atoms with Crippen molar-refractivity contribution >= 4 is 5.91 Å². The lowest BCUT2D eigenvalue weighted by Crippen LogP contribution is -2.34. The van der Waals surface area contributed by atoms with Gasteiger partial charge in [0.25, 0.3) is 0 Å². The second-order valence-corrected chi connectivity index (χ2v) is 5.03. The molecule has 0 saturated heterocycles. The lowest BCUT2D eigenvalue weighted by atomic mass is 9.96. The van der Waals surface area contributed by atoms with E-state index < -0.39 is 5.92 Å². The summed E-state index contributed by atoms with van der Waals surface area (Å²) in [4.78, 5) is 13.7. The van der Waals surface area contributed by atoms with Gasteiger partial charge in [-0.25, -0.2) is 0 Å². The van der Waals surface area contributed by atoms with Crippen LogP contribution in [0.15, 0.2) is 24.3 Å². The van der Waals surface area contributed by atoms with Gasteiger partial charge in [-0.1, -0.05) is 43.7 Å². The van der Waals surface area contributed by atoms with E-state index in [2.05, 4.69) is 6.07 Å². The Labute approximate surface area is 109 Å². The van der Waals surface area contributed by atoms with Crippen molar-refractivity contribution < 1.29 is 4.79 Å². The molecule has 0 radical (unpaired) electrons. The Balaban J connectivity index is 2.71. The Bertz CT molecular complexity index is 443. The zero-order chi connectivity index (χ0) is 13.7. The monoisotopic (exact) mass is 244 g/mol. The van der Waals surface area contributed by atoms with Gasteiger partial charge in [0.05, 0.1) is 6.07 Å². The number of amides is 1. The molecule has 0 aliphatic heterocycles. The van der Waals surface area contributed by atoms with Crippen molar-refractivity contribution in [2.45, 2.75) is 27.3 Å². The topological polar surface area (TPSA) is 44.1 Å². The van der Waals surface area contributed by atoms with Crippen LogP contribution in [0.3, 0.4) is 0 Å². The van der Waals surface area contributed by atoms with Crippen LogP contribution in [0.4, 0.5) is 0 Å². The number of carbonyl (C=O) groups excluding carboxylic acids is 1. The maximum atomic E-state index is 12.1. The minimum Gasteiger partial charge on any atom is -0.340 e. The molecule has 3 nitrogen and oxygen atoms in total. The first-order valence-electron chi connectivity index (χ1n) is 6.16. The zero-order valence-corrected chi connectivity index (χ0v) is 11.5. The Morgan fingerprint density at radius 3 is 2.33 bits per heavy atom. The molecule has 3 heteroatoms. The van der Waals surface area contributed by atoms with Crippen LogP contribution in [0.25, 0.3) is 0 Å². The predicted molar refractivity (Wildman–Crippen MR) is 71.6 cm³/mol. The van der Waals surface area contributed by atoms with Crippen molar-refractivity contribution in [1.82, 2.24) is 4.90 Å². The third-order valence-electron chi connectivity index (χ3n) is 2.99. The Morgan fingerprint density at radius 2 is 1.89 bits per heavy atom. The van der Waals surface area contributed by atoms with Crippen molar-refractivity contribution in [1.29, 1.82) is 5.26 Å². The zero-order valence-electron chi connectivity index (χ0n) is 11.5. The summed E-state index contributed by atoms with van der Waals surface area (Å²) in [5.74, 6) is -0.614. The Kier molecular flexibility index (Phi) is 4.91. The third kappa shape index (κ3) is 3.59. The number of carbonyl (C=O) groups is 1. The highest BCUT2D eigenvalue weighted by atomic mass is 16.2. The number of hydrogen-bond donors (Lipinski definition) is 0. The highest BCUT2D eigenvalue weighted by molar-refractivity contribution is 5.81. The van der Waals surface area contributed by atoms with E-state index in [4.69, 9.17) is 5.26 Å². The minimum atomic E-state index is -0.555. The van der Waals surface area contributed by atoms with E-state index in [1.165, 1.54) is 5.56 Å². The first kappa shape index (κ1) is 14.2. The van der Waals surface area contributed by atoms with Crippen LogP contribution in [-0.4, -0.2) is 17.9 Å². The molecular formula is C15H20N2O. The van der Waals surface area contributed by atoms with Crippen molar-refractivity contribution in [2.75, 3.05) is 7.05 Å². The highest BCUT2D eigenvalue weighted by Crippen LogP contribution is 2.14. The van der Waals surface area contributed by atoms with Gasteiger partial charge in [-0.05, 0) is 18.4 Å². The molecule has 1 atom stereocenters. The molecule has 1 rings (SSSR count). The fourth-order valence-electron chi connectivity index (χ4n) is 1.77. The first-order chi connectivity index (χ1) is 8.45. The number of nitriles is 1. The molecule has 0 spiro atoms. The van der Waals surface area contributed by atoms with E-state index in [1.54, 1.807) is 11.9 Å². The minimum absolute atomic E-state index is 0.0444. The van der Waals surface area contributed by atoms with Gasteiger partial charge in [0.2, 0.25) is 5.91 Å². The van der Waals surface area contributed by atoms with Crippen molar-refractivity contribution in [2.24, 2.45) is 11.8 Å². The fourth-order valence-corrected chi connectivity index (χ4v) is 1.77. The highest BCUT2D eigenvalue weighted by Gasteiger charge is 2.24. The van der Waals surface area contributed by atoms with E-state index >= 15 is 0 Å².